The van der Waals surface area contributed by atoms with Crippen molar-refractivity contribution in [2.24, 2.45) is 4.99 Å². The van der Waals surface area contributed by atoms with Gasteiger partial charge in [-0.2, -0.15) is 0 Å². The highest BCUT2D eigenvalue weighted by Gasteiger charge is 2.28. The highest BCUT2D eigenvalue weighted by Crippen LogP contribution is 2.34. The van der Waals surface area contributed by atoms with Gasteiger partial charge >= 0.3 is 0 Å². The second-order valence-corrected chi connectivity index (χ2v) is 5.84. The van der Waals surface area contributed by atoms with Gasteiger partial charge in [-0.25, -0.2) is 0 Å². The summed E-state index contributed by atoms with van der Waals surface area (Å²) in [6, 6.07) is 16.8. The van der Waals surface area contributed by atoms with Crippen molar-refractivity contribution in [2.45, 2.75) is 18.8 Å². The summed E-state index contributed by atoms with van der Waals surface area (Å²) >= 11 is 6.06. The number of carbonyl (C=O) groups is 1. The molecule has 3 rings (SSSR count). The summed E-state index contributed by atoms with van der Waals surface area (Å²) in [5.41, 5.74) is 1.84. The Morgan fingerprint density at radius 2 is 1.78 bits per heavy atom. The first kappa shape index (κ1) is 15.5. The number of hydrogen-bond donors (Lipinski definition) is 1. The highest BCUT2D eigenvalue weighted by molar-refractivity contribution is 6.33. The molecule has 0 fully saturated rings. The standard InChI is InChI=1S/C19H16ClNO2/c20-16-8-4-5-9-17(16)21-12-15-18(22)11-10-14(19(15)23)13-6-2-1-3-7-13/h1-9,12,14,23H,10-11H2. The summed E-state index contributed by atoms with van der Waals surface area (Å²) in [6.45, 7) is 0. The summed E-state index contributed by atoms with van der Waals surface area (Å²) in [6.07, 6.45) is 2.43. The maximum absolute atomic E-state index is 12.1. The molecule has 0 saturated heterocycles. The molecule has 0 amide bonds. The van der Waals surface area contributed by atoms with E-state index >= 15 is 0 Å². The van der Waals surface area contributed by atoms with Crippen LogP contribution in [-0.2, 0) is 4.79 Å². The summed E-state index contributed by atoms with van der Waals surface area (Å²) in [7, 11) is 0. The van der Waals surface area contributed by atoms with Crippen LogP contribution >= 0.6 is 11.6 Å². The monoisotopic (exact) mass is 325 g/mol. The molecular formula is C19H16ClNO2. The maximum atomic E-state index is 12.1. The molecule has 116 valence electrons. The number of Topliss-reactive ketones (excluding diaryl/α,β-unsaturated/α-hetero) is 1. The number of carbonyl (C=O) groups excluding carboxylic acids is 1. The van der Waals surface area contributed by atoms with Gasteiger partial charge in [0.1, 0.15) is 5.76 Å². The fourth-order valence-corrected chi connectivity index (χ4v) is 2.90. The molecule has 1 atom stereocenters. The average molecular weight is 326 g/mol. The van der Waals surface area contributed by atoms with Gasteiger partial charge in [0.2, 0.25) is 0 Å². The van der Waals surface area contributed by atoms with Crippen molar-refractivity contribution in [1.82, 2.24) is 0 Å². The Bertz CT molecular complexity index is 781. The Labute approximate surface area is 140 Å². The largest absolute Gasteiger partial charge is 0.511 e. The van der Waals surface area contributed by atoms with E-state index in [1.165, 1.54) is 6.21 Å². The van der Waals surface area contributed by atoms with Gasteiger partial charge < -0.3 is 5.11 Å². The van der Waals surface area contributed by atoms with Gasteiger partial charge in [0.05, 0.1) is 16.3 Å². The Morgan fingerprint density at radius 1 is 1.09 bits per heavy atom. The third kappa shape index (κ3) is 3.35. The highest BCUT2D eigenvalue weighted by atomic mass is 35.5. The number of aliphatic imine (C=N–C) groups is 1. The first-order chi connectivity index (χ1) is 11.2. The number of nitrogens with zero attached hydrogens (tertiary/aromatic N) is 1. The molecule has 0 heterocycles. The van der Waals surface area contributed by atoms with Crippen LogP contribution < -0.4 is 0 Å². The molecule has 0 spiro atoms. The van der Waals surface area contributed by atoms with Crippen molar-refractivity contribution in [3.8, 4) is 0 Å². The van der Waals surface area contributed by atoms with Crippen molar-refractivity contribution < 1.29 is 9.90 Å². The SMILES string of the molecule is O=C1CCC(c2ccccc2)C(O)=C1C=Nc1ccccc1Cl. The molecule has 0 radical (unpaired) electrons. The molecule has 1 unspecified atom stereocenters. The van der Waals surface area contributed by atoms with Gasteiger partial charge in [0.15, 0.2) is 5.78 Å². The van der Waals surface area contributed by atoms with Crippen LogP contribution in [0.5, 0.6) is 0 Å². The minimum absolute atomic E-state index is 0.0863. The zero-order valence-electron chi connectivity index (χ0n) is 12.4. The van der Waals surface area contributed by atoms with Crippen molar-refractivity contribution in [2.75, 3.05) is 0 Å². The lowest BCUT2D eigenvalue weighted by Crippen LogP contribution is -2.19. The number of ketones is 1. The summed E-state index contributed by atoms with van der Waals surface area (Å²) < 4.78 is 0. The fraction of sp³-hybridized carbons (Fsp3) is 0.158. The minimum Gasteiger partial charge on any atom is -0.511 e. The van der Waals surface area contributed by atoms with Crippen molar-refractivity contribution in [3.63, 3.8) is 0 Å². The molecule has 4 heteroatoms. The van der Waals surface area contributed by atoms with Crippen LogP contribution in [0.2, 0.25) is 5.02 Å². The summed E-state index contributed by atoms with van der Waals surface area (Å²) in [5, 5.41) is 11.0. The number of halogens is 1. The predicted molar refractivity (Wildman–Crippen MR) is 92.7 cm³/mol. The second kappa shape index (κ2) is 6.80. The zero-order chi connectivity index (χ0) is 16.2. The average Bonchev–Trinajstić information content (AvgIpc) is 2.57. The first-order valence-corrected chi connectivity index (χ1v) is 7.84. The fourth-order valence-electron chi connectivity index (χ4n) is 2.72. The summed E-state index contributed by atoms with van der Waals surface area (Å²) in [4.78, 5) is 16.4. The number of para-hydroxylation sites is 1. The van der Waals surface area contributed by atoms with E-state index in [1.807, 2.05) is 42.5 Å². The molecule has 1 aliphatic rings. The van der Waals surface area contributed by atoms with Gasteiger partial charge in [0.25, 0.3) is 0 Å². The van der Waals surface area contributed by atoms with Gasteiger partial charge in [-0.3, -0.25) is 9.79 Å². The lowest BCUT2D eigenvalue weighted by atomic mass is 9.83. The number of rotatable bonds is 3. The topological polar surface area (TPSA) is 49.7 Å². The Hall–Kier alpha value is -2.39. The number of benzene rings is 2. The Morgan fingerprint density at radius 3 is 2.52 bits per heavy atom. The van der Waals surface area contributed by atoms with Crippen LogP contribution in [0.1, 0.15) is 24.3 Å². The van der Waals surface area contributed by atoms with E-state index < -0.39 is 0 Å². The first-order valence-electron chi connectivity index (χ1n) is 7.46. The second-order valence-electron chi connectivity index (χ2n) is 5.43. The molecule has 0 bridgehead atoms. The Kier molecular flexibility index (Phi) is 4.58. The van der Waals surface area contributed by atoms with Gasteiger partial charge in [-0.05, 0) is 24.1 Å². The van der Waals surface area contributed by atoms with Crippen LogP contribution in [-0.4, -0.2) is 17.1 Å². The minimum atomic E-state index is -0.165. The van der Waals surface area contributed by atoms with E-state index in [4.69, 9.17) is 11.6 Å². The van der Waals surface area contributed by atoms with Gasteiger partial charge in [-0.15, -0.1) is 0 Å². The lowest BCUT2D eigenvalue weighted by Gasteiger charge is -2.22. The van der Waals surface area contributed by atoms with E-state index in [0.717, 1.165) is 5.56 Å². The number of hydrogen-bond acceptors (Lipinski definition) is 3. The van der Waals surface area contributed by atoms with Crippen LogP contribution in [0.25, 0.3) is 0 Å². The quantitative estimate of drug-likeness (QED) is 0.807. The van der Waals surface area contributed by atoms with Gasteiger partial charge in [-0.1, -0.05) is 54.1 Å². The smallest absolute Gasteiger partial charge is 0.167 e. The van der Waals surface area contributed by atoms with E-state index in [9.17, 15) is 9.90 Å². The third-order valence-corrected chi connectivity index (χ3v) is 4.27. The zero-order valence-corrected chi connectivity index (χ0v) is 13.2. The molecule has 0 saturated carbocycles. The van der Waals surface area contributed by atoms with Crippen molar-refractivity contribution >= 4 is 29.3 Å². The number of aliphatic hydroxyl groups excluding tert-OH is 1. The molecule has 2 aromatic carbocycles. The normalized spacial score (nSPS) is 18.7. The molecule has 0 aromatic heterocycles. The molecule has 2 aromatic rings. The number of allylic oxidation sites excluding steroid dienone is 2. The predicted octanol–water partition coefficient (Wildman–Crippen LogP) is 5.00. The van der Waals surface area contributed by atoms with E-state index in [1.54, 1.807) is 12.1 Å². The third-order valence-electron chi connectivity index (χ3n) is 3.95. The van der Waals surface area contributed by atoms with E-state index in [2.05, 4.69) is 4.99 Å². The number of aliphatic hydroxyl groups is 1. The van der Waals surface area contributed by atoms with E-state index in [0.29, 0.717) is 23.6 Å². The van der Waals surface area contributed by atoms with Crippen LogP contribution in [0.4, 0.5) is 5.69 Å². The van der Waals surface area contributed by atoms with Crippen molar-refractivity contribution in [3.05, 3.63) is 76.5 Å². The lowest BCUT2D eigenvalue weighted by molar-refractivity contribution is -0.115. The molecule has 0 aliphatic heterocycles. The van der Waals surface area contributed by atoms with Crippen LogP contribution in [0, 0.1) is 0 Å². The van der Waals surface area contributed by atoms with Gasteiger partial charge in [0, 0.05) is 18.6 Å². The summed E-state index contributed by atoms with van der Waals surface area (Å²) in [5.74, 6) is -0.171. The van der Waals surface area contributed by atoms with Crippen LogP contribution in [0.15, 0.2) is 70.9 Å². The molecule has 3 nitrogen and oxygen atoms in total. The Balaban J connectivity index is 1.95. The van der Waals surface area contributed by atoms with E-state index in [-0.39, 0.29) is 23.0 Å². The van der Waals surface area contributed by atoms with Crippen LogP contribution in [0.3, 0.4) is 0 Å². The maximum Gasteiger partial charge on any atom is 0.167 e. The molecule has 1 N–H and O–H groups in total. The molecule has 1 aliphatic carbocycles. The molecular weight excluding hydrogens is 310 g/mol. The molecule has 23 heavy (non-hydrogen) atoms. The van der Waals surface area contributed by atoms with Crippen molar-refractivity contribution in [1.29, 1.82) is 0 Å².